The number of benzene rings is 1. The molecular formula is C19H18N2O2S. The molecule has 4 rings (SSSR count). The first kappa shape index (κ1) is 15.3. The predicted octanol–water partition coefficient (Wildman–Crippen LogP) is 3.53. The lowest BCUT2D eigenvalue weighted by atomic mass is 9.97. The summed E-state index contributed by atoms with van der Waals surface area (Å²) in [5, 5.41) is 0.730. The molecule has 2 heterocycles. The number of carbonyl (C=O) groups excluding carboxylic acids is 1. The maximum absolute atomic E-state index is 12.9. The van der Waals surface area contributed by atoms with Gasteiger partial charge in [-0.2, -0.15) is 0 Å². The Balaban J connectivity index is 1.72. The van der Waals surface area contributed by atoms with Crippen LogP contribution >= 0.6 is 11.3 Å². The molecular weight excluding hydrogens is 320 g/mol. The van der Waals surface area contributed by atoms with Crippen molar-refractivity contribution in [3.05, 3.63) is 62.5 Å². The van der Waals surface area contributed by atoms with Crippen molar-refractivity contribution in [2.45, 2.75) is 39.2 Å². The first-order chi connectivity index (χ1) is 11.6. The van der Waals surface area contributed by atoms with E-state index in [4.69, 9.17) is 0 Å². The molecule has 0 saturated heterocycles. The van der Waals surface area contributed by atoms with Crippen LogP contribution in [0.3, 0.4) is 0 Å². The van der Waals surface area contributed by atoms with E-state index in [0.717, 1.165) is 40.6 Å². The average Bonchev–Trinajstić information content (AvgIpc) is 2.97. The molecule has 5 heteroatoms. The highest BCUT2D eigenvalue weighted by atomic mass is 32.1. The molecule has 0 atom stereocenters. The van der Waals surface area contributed by atoms with Gasteiger partial charge in [-0.15, -0.1) is 11.3 Å². The second-order valence-corrected chi connectivity index (χ2v) is 7.44. The van der Waals surface area contributed by atoms with Gasteiger partial charge in [0.2, 0.25) is 0 Å². The summed E-state index contributed by atoms with van der Waals surface area (Å²) in [6.45, 7) is 2.02. The number of hydrogen-bond donors (Lipinski definition) is 0. The Kier molecular flexibility index (Phi) is 3.81. The van der Waals surface area contributed by atoms with Gasteiger partial charge < -0.3 is 0 Å². The van der Waals surface area contributed by atoms with E-state index in [9.17, 15) is 9.59 Å². The maximum atomic E-state index is 12.9. The van der Waals surface area contributed by atoms with Gasteiger partial charge in [0, 0.05) is 10.4 Å². The third kappa shape index (κ3) is 2.59. The van der Waals surface area contributed by atoms with E-state index in [1.807, 2.05) is 19.1 Å². The molecule has 0 unspecified atom stereocenters. The minimum atomic E-state index is -0.0835. The van der Waals surface area contributed by atoms with Crippen LogP contribution in [-0.4, -0.2) is 15.3 Å². The van der Waals surface area contributed by atoms with Crippen LogP contribution in [0.1, 0.15) is 39.2 Å². The van der Waals surface area contributed by atoms with E-state index in [2.05, 4.69) is 4.98 Å². The summed E-state index contributed by atoms with van der Waals surface area (Å²) >= 11 is 1.63. The summed E-state index contributed by atoms with van der Waals surface area (Å²) in [4.78, 5) is 31.9. The Morgan fingerprint density at radius 1 is 1.21 bits per heavy atom. The van der Waals surface area contributed by atoms with E-state index in [1.165, 1.54) is 22.2 Å². The van der Waals surface area contributed by atoms with Crippen LogP contribution in [0.4, 0.5) is 0 Å². The smallest absolute Gasteiger partial charge is 0.262 e. The molecule has 0 fully saturated rings. The number of nitrogens with zero attached hydrogens (tertiary/aromatic N) is 2. The fourth-order valence-electron chi connectivity index (χ4n) is 3.28. The minimum absolute atomic E-state index is 0.0372. The average molecular weight is 338 g/mol. The molecule has 122 valence electrons. The van der Waals surface area contributed by atoms with Crippen molar-refractivity contribution in [1.29, 1.82) is 0 Å². The summed E-state index contributed by atoms with van der Waals surface area (Å²) in [5.41, 5.74) is 2.81. The monoisotopic (exact) mass is 338 g/mol. The first-order valence-electron chi connectivity index (χ1n) is 8.23. The van der Waals surface area contributed by atoms with E-state index < -0.39 is 0 Å². The van der Waals surface area contributed by atoms with Crippen LogP contribution < -0.4 is 5.56 Å². The summed E-state index contributed by atoms with van der Waals surface area (Å²) < 4.78 is 1.45. The second-order valence-electron chi connectivity index (χ2n) is 6.36. The number of Topliss-reactive ketones (excluding diaryl/α,β-unsaturated/α-hetero) is 1. The summed E-state index contributed by atoms with van der Waals surface area (Å²) in [7, 11) is 0. The van der Waals surface area contributed by atoms with Crippen molar-refractivity contribution in [3.8, 4) is 0 Å². The number of thiophene rings is 1. The summed E-state index contributed by atoms with van der Waals surface area (Å²) in [6.07, 6.45) is 5.80. The zero-order valence-electron chi connectivity index (χ0n) is 13.5. The highest BCUT2D eigenvalue weighted by molar-refractivity contribution is 7.18. The van der Waals surface area contributed by atoms with E-state index in [-0.39, 0.29) is 17.9 Å². The van der Waals surface area contributed by atoms with Crippen LogP contribution in [0.5, 0.6) is 0 Å². The van der Waals surface area contributed by atoms with Crippen LogP contribution in [0.2, 0.25) is 0 Å². The van der Waals surface area contributed by atoms with Gasteiger partial charge in [0.15, 0.2) is 5.78 Å². The first-order valence-corrected chi connectivity index (χ1v) is 9.04. The van der Waals surface area contributed by atoms with Crippen molar-refractivity contribution < 1.29 is 4.79 Å². The Morgan fingerprint density at radius 2 is 1.96 bits per heavy atom. The van der Waals surface area contributed by atoms with Gasteiger partial charge in [-0.3, -0.25) is 14.2 Å². The number of aromatic nitrogens is 2. The van der Waals surface area contributed by atoms with E-state index >= 15 is 0 Å². The van der Waals surface area contributed by atoms with Gasteiger partial charge in [-0.1, -0.05) is 29.8 Å². The Labute approximate surface area is 143 Å². The van der Waals surface area contributed by atoms with Crippen LogP contribution in [-0.2, 0) is 19.4 Å². The standard InChI is InChI=1S/C19H18N2O2S/c1-12-6-8-13(9-7-12)15(22)10-21-11-20-18-17(19(21)23)14-4-2-3-5-16(14)24-18/h6-9,11H,2-5,10H2,1H3. The Bertz CT molecular complexity index is 983. The number of rotatable bonds is 3. The quantitative estimate of drug-likeness (QED) is 0.687. The summed E-state index contributed by atoms with van der Waals surface area (Å²) in [5.74, 6) is -0.0673. The number of fused-ring (bicyclic) bond motifs is 3. The van der Waals surface area contributed by atoms with Crippen molar-refractivity contribution >= 4 is 27.3 Å². The number of ketones is 1. The maximum Gasteiger partial charge on any atom is 0.262 e. The zero-order valence-corrected chi connectivity index (χ0v) is 14.4. The molecule has 0 spiro atoms. The largest absolute Gasteiger partial charge is 0.292 e. The highest BCUT2D eigenvalue weighted by Crippen LogP contribution is 2.33. The molecule has 0 radical (unpaired) electrons. The molecule has 0 bridgehead atoms. The molecule has 2 aromatic heterocycles. The molecule has 0 aliphatic heterocycles. The van der Waals surface area contributed by atoms with Gasteiger partial charge >= 0.3 is 0 Å². The number of carbonyl (C=O) groups is 1. The normalized spacial score (nSPS) is 13.9. The molecule has 3 aromatic rings. The molecule has 1 aliphatic rings. The van der Waals surface area contributed by atoms with Gasteiger partial charge in [0.25, 0.3) is 5.56 Å². The van der Waals surface area contributed by atoms with Crippen LogP contribution in [0.15, 0.2) is 35.4 Å². The molecule has 4 nitrogen and oxygen atoms in total. The van der Waals surface area contributed by atoms with Crippen molar-refractivity contribution in [3.63, 3.8) is 0 Å². The lowest BCUT2D eigenvalue weighted by Gasteiger charge is -2.10. The van der Waals surface area contributed by atoms with Gasteiger partial charge in [0.05, 0.1) is 18.3 Å². The molecule has 24 heavy (non-hydrogen) atoms. The molecule has 1 aliphatic carbocycles. The second kappa shape index (κ2) is 5.98. The van der Waals surface area contributed by atoms with Gasteiger partial charge in [-0.25, -0.2) is 4.98 Å². The highest BCUT2D eigenvalue weighted by Gasteiger charge is 2.20. The third-order valence-corrected chi connectivity index (χ3v) is 5.83. The Hall–Kier alpha value is -2.27. The molecule has 0 N–H and O–H groups in total. The molecule has 0 amide bonds. The number of hydrogen-bond acceptors (Lipinski definition) is 4. The third-order valence-electron chi connectivity index (χ3n) is 4.63. The SMILES string of the molecule is Cc1ccc(C(=O)Cn2cnc3sc4c(c3c2=O)CCCC4)cc1. The van der Waals surface area contributed by atoms with Gasteiger partial charge in [-0.05, 0) is 38.2 Å². The van der Waals surface area contributed by atoms with Crippen LogP contribution in [0, 0.1) is 6.92 Å². The fourth-order valence-corrected chi connectivity index (χ4v) is 4.50. The Morgan fingerprint density at radius 3 is 2.75 bits per heavy atom. The minimum Gasteiger partial charge on any atom is -0.292 e. The van der Waals surface area contributed by atoms with Crippen molar-refractivity contribution in [2.24, 2.45) is 0 Å². The van der Waals surface area contributed by atoms with Crippen molar-refractivity contribution in [2.75, 3.05) is 0 Å². The summed E-state index contributed by atoms with van der Waals surface area (Å²) in [6, 6.07) is 7.43. The predicted molar refractivity (Wildman–Crippen MR) is 96.0 cm³/mol. The number of aryl methyl sites for hydroxylation is 3. The zero-order chi connectivity index (χ0) is 16.7. The van der Waals surface area contributed by atoms with E-state index in [0.29, 0.717) is 5.56 Å². The van der Waals surface area contributed by atoms with E-state index in [1.54, 1.807) is 23.5 Å². The van der Waals surface area contributed by atoms with Gasteiger partial charge in [0.1, 0.15) is 4.83 Å². The molecule has 1 aromatic carbocycles. The van der Waals surface area contributed by atoms with Crippen LogP contribution in [0.25, 0.3) is 10.2 Å². The van der Waals surface area contributed by atoms with Crippen molar-refractivity contribution in [1.82, 2.24) is 9.55 Å². The molecule has 0 saturated carbocycles. The lowest BCUT2D eigenvalue weighted by molar-refractivity contribution is 0.0970. The lowest BCUT2D eigenvalue weighted by Crippen LogP contribution is -2.25. The topological polar surface area (TPSA) is 52.0 Å². The fraction of sp³-hybridized carbons (Fsp3) is 0.316.